The second-order valence-electron chi connectivity index (χ2n) is 4.39. The zero-order valence-electron chi connectivity index (χ0n) is 12.8. The van der Waals surface area contributed by atoms with E-state index in [4.69, 9.17) is 10.4 Å². The molecular weight excluding hydrogens is 421 g/mol. The van der Waals surface area contributed by atoms with Crippen molar-refractivity contribution in [1.29, 1.82) is 0.594 Å². The fourth-order valence-electron chi connectivity index (χ4n) is 1.55. The van der Waals surface area contributed by atoms with E-state index in [1.807, 2.05) is 0 Å². The number of rotatable bonds is 8. The van der Waals surface area contributed by atoms with Gasteiger partial charge in [-0.15, -0.1) is 0 Å². The van der Waals surface area contributed by atoms with Crippen molar-refractivity contribution in [3.63, 3.8) is 0 Å². The summed E-state index contributed by atoms with van der Waals surface area (Å²) in [4.78, 5) is 35.1. The van der Waals surface area contributed by atoms with Crippen molar-refractivity contribution in [2.45, 2.75) is 25.6 Å². The zero-order valence-corrected chi connectivity index (χ0v) is 14.8. The second-order valence-corrected chi connectivity index (χ2v) is 6.27. The molecule has 22 heavy (non-hydrogen) atoms. The van der Waals surface area contributed by atoms with Gasteiger partial charge in [0.25, 0.3) is 0 Å². The van der Waals surface area contributed by atoms with Crippen LogP contribution in [0.1, 0.15) is 25.0 Å². The van der Waals surface area contributed by atoms with Crippen molar-refractivity contribution < 1.29 is 45.2 Å². The fourth-order valence-corrected chi connectivity index (χ4v) is 2.50. The number of amides is 1. The Hall–Kier alpha value is -1.13. The summed E-state index contributed by atoms with van der Waals surface area (Å²) in [5.74, 6) is -1.22. The van der Waals surface area contributed by atoms with E-state index in [0.717, 1.165) is 8.93 Å². The van der Waals surface area contributed by atoms with Gasteiger partial charge < -0.3 is 0 Å². The van der Waals surface area contributed by atoms with E-state index in [1.54, 1.807) is 30.3 Å². The van der Waals surface area contributed by atoms with Crippen molar-refractivity contribution >= 4 is 25.9 Å². The predicted molar refractivity (Wildman–Crippen MR) is 78.6 cm³/mol. The maximum absolute atomic E-state index is 12.0. The standard InChI is InChI=1S/C14H17INO5S/c1-9(17)13(19)16-8-7-11(18)21-12(14(20)22-15)10-5-3-2-4-6-10/h2-6,9,12,15,17H,7-8H2,1H3,(H,16,19)/q-1/t9-,12-/m0/s1/i15T. The molecule has 0 spiro atoms. The monoisotopic (exact) mass is 440 g/mol. The number of hydrogen-bond acceptors (Lipinski definition) is 6. The number of aliphatic hydroxyl groups excluding tert-OH is 1. The van der Waals surface area contributed by atoms with Gasteiger partial charge in [-0.3, -0.25) is 0 Å². The van der Waals surface area contributed by atoms with Crippen molar-refractivity contribution in [3.8, 4) is 0 Å². The van der Waals surface area contributed by atoms with Gasteiger partial charge in [0, 0.05) is 0 Å². The molecule has 0 aromatic heterocycles. The summed E-state index contributed by atoms with van der Waals surface area (Å²) in [6, 6.07) is 8.59. The Labute approximate surface area is 145 Å². The molecule has 6 nitrogen and oxygen atoms in total. The van der Waals surface area contributed by atoms with Gasteiger partial charge in [-0.1, -0.05) is 0 Å². The molecule has 0 bridgehead atoms. The normalized spacial score (nSPS) is 13.8. The van der Waals surface area contributed by atoms with Crippen LogP contribution in [0.3, 0.4) is 0 Å². The van der Waals surface area contributed by atoms with Crippen LogP contribution in [0, 0.1) is 0 Å². The summed E-state index contributed by atoms with van der Waals surface area (Å²) in [7, 11) is 0.867. The molecule has 0 aliphatic rings. The van der Waals surface area contributed by atoms with Crippen molar-refractivity contribution in [2.24, 2.45) is 0 Å². The van der Waals surface area contributed by atoms with Crippen LogP contribution in [0.5, 0.6) is 0 Å². The van der Waals surface area contributed by atoms with Crippen LogP contribution < -0.4 is 26.3 Å². The number of benzene rings is 1. The molecule has 122 valence electrons. The first-order valence-electron chi connectivity index (χ1n) is 6.86. The van der Waals surface area contributed by atoms with Crippen LogP contribution >= 0.6 is 8.93 Å². The van der Waals surface area contributed by atoms with Gasteiger partial charge in [-0.05, 0) is 0 Å². The Morgan fingerprint density at radius 2 is 2.09 bits per heavy atom. The number of halogens is 1. The molecule has 1 amide bonds. The number of hydrogen-bond donors (Lipinski definition) is 2. The Morgan fingerprint density at radius 3 is 2.68 bits per heavy atom. The molecule has 0 heterocycles. The summed E-state index contributed by atoms with van der Waals surface area (Å²) in [5.41, 5.74) is 0.545. The molecule has 2 atom stereocenters. The zero-order chi connectivity index (χ0) is 17.2. The fraction of sp³-hybridized carbons (Fsp3) is 0.357. The second kappa shape index (κ2) is 9.80. The SMILES string of the molecule is [3H][I-]SC(=O)[C@@H](OC(=O)CCNC(=O)[C@H](C)O)c1ccccc1. The molecule has 0 saturated carbocycles. The molecule has 0 aliphatic carbocycles. The van der Waals surface area contributed by atoms with E-state index in [0.29, 0.717) is 5.56 Å². The van der Waals surface area contributed by atoms with Gasteiger partial charge in [-0.25, -0.2) is 0 Å². The van der Waals surface area contributed by atoms with Gasteiger partial charge in [0.2, 0.25) is 0 Å². The van der Waals surface area contributed by atoms with Gasteiger partial charge in [0.05, 0.1) is 0 Å². The number of carbonyl (C=O) groups is 3. The van der Waals surface area contributed by atoms with Crippen LogP contribution in [0.15, 0.2) is 30.3 Å². The third-order valence-electron chi connectivity index (χ3n) is 2.65. The van der Waals surface area contributed by atoms with Gasteiger partial charge in [0.1, 0.15) is 0 Å². The number of esters is 1. The average Bonchev–Trinajstić information content (AvgIpc) is 2.53. The van der Waals surface area contributed by atoms with E-state index >= 15 is 0 Å². The van der Waals surface area contributed by atoms with E-state index in [-0.39, 0.29) is 18.1 Å². The maximum atomic E-state index is 12.0. The summed E-state index contributed by atoms with van der Waals surface area (Å²) in [6.07, 6.45) is -2.32. The van der Waals surface area contributed by atoms with E-state index < -0.39 is 45.1 Å². The van der Waals surface area contributed by atoms with Crippen LogP contribution in [0.2, 0.25) is 0 Å². The Morgan fingerprint density at radius 1 is 1.41 bits per heavy atom. The number of ether oxygens (including phenoxy) is 1. The van der Waals surface area contributed by atoms with Gasteiger partial charge >= 0.3 is 145 Å². The first-order valence-corrected chi connectivity index (χ1v) is 9.84. The van der Waals surface area contributed by atoms with E-state index in [1.165, 1.54) is 6.92 Å². The van der Waals surface area contributed by atoms with Crippen LogP contribution in [-0.2, 0) is 19.1 Å². The molecule has 0 fully saturated rings. The molecule has 0 saturated heterocycles. The van der Waals surface area contributed by atoms with Crippen LogP contribution in [0.25, 0.3) is 0 Å². The van der Waals surface area contributed by atoms with Crippen molar-refractivity contribution in [1.82, 2.24) is 5.32 Å². The topological polar surface area (TPSA) is 92.7 Å². The van der Waals surface area contributed by atoms with Crippen molar-refractivity contribution in [2.75, 3.05) is 6.54 Å². The molecule has 8 heteroatoms. The number of aliphatic hydroxyl groups is 1. The summed E-state index contributed by atoms with van der Waals surface area (Å²) < 4.78 is 12.4. The quantitative estimate of drug-likeness (QED) is 0.347. The minimum atomic E-state index is -1.15. The third-order valence-corrected chi connectivity index (χ3v) is 4.32. The molecule has 0 radical (unpaired) electrons. The minimum absolute atomic E-state index is 0.0107. The molecule has 1 aromatic carbocycles. The summed E-state index contributed by atoms with van der Waals surface area (Å²) in [6.45, 7) is 1.33. The predicted octanol–water partition coefficient (Wildman–Crippen LogP) is -2.38. The van der Waals surface area contributed by atoms with Crippen LogP contribution in [0.4, 0.5) is 0 Å². The Balaban J connectivity index is 2.61. The van der Waals surface area contributed by atoms with Crippen molar-refractivity contribution in [3.05, 3.63) is 35.9 Å². The third kappa shape index (κ3) is 6.32. The molecule has 2 N–H and O–H groups in total. The summed E-state index contributed by atoms with van der Waals surface area (Å²) in [5, 5.41) is 11.0. The Kier molecular flexibility index (Phi) is 7.67. The first kappa shape index (κ1) is 17.2. The number of carbonyl (C=O) groups excluding carboxylic acids is 3. The molecule has 0 unspecified atom stereocenters. The average molecular weight is 440 g/mol. The van der Waals surface area contributed by atoms with Gasteiger partial charge in [-0.2, -0.15) is 0 Å². The first-order chi connectivity index (χ1) is 11.0. The molecular formula is C14H17INO5S-. The molecule has 1 aromatic rings. The van der Waals surface area contributed by atoms with E-state index in [9.17, 15) is 14.4 Å². The van der Waals surface area contributed by atoms with Gasteiger partial charge in [0.15, 0.2) is 0 Å². The van der Waals surface area contributed by atoms with E-state index in [2.05, 4.69) is 5.32 Å². The molecule has 1 rings (SSSR count). The number of nitrogens with one attached hydrogen (secondary N) is 1. The summed E-state index contributed by atoms with van der Waals surface area (Å²) >= 11 is -1.07. The van der Waals surface area contributed by atoms with Crippen LogP contribution in [-0.4, -0.2) is 35.3 Å². The molecule has 0 aliphatic heterocycles. The Bertz CT molecular complexity index is 543.